The van der Waals surface area contributed by atoms with E-state index in [2.05, 4.69) is 51.2 Å². The second-order valence-corrected chi connectivity index (χ2v) is 11.7. The molecule has 1 saturated carbocycles. The number of likely N-dealkylation sites (N-methyl/N-ethyl adjacent to an activating group) is 1. The van der Waals surface area contributed by atoms with Gasteiger partial charge in [-0.05, 0) is 50.4 Å². The molecule has 10 heteroatoms. The normalized spacial score (nSPS) is 27.4. The van der Waals surface area contributed by atoms with Crippen LogP contribution >= 0.6 is 22.9 Å². The van der Waals surface area contributed by atoms with Crippen molar-refractivity contribution in [2.45, 2.75) is 36.7 Å². The summed E-state index contributed by atoms with van der Waals surface area (Å²) in [6, 6.07) is 2.53. The van der Waals surface area contributed by atoms with Crippen LogP contribution in [0.25, 0.3) is 0 Å². The van der Waals surface area contributed by atoms with Crippen LogP contribution in [0, 0.1) is 17.2 Å². The molecule has 0 amide bonds. The fraction of sp³-hybridized carbons (Fsp3) is 0.409. The van der Waals surface area contributed by atoms with E-state index >= 15 is 0 Å². The van der Waals surface area contributed by atoms with Gasteiger partial charge < -0.3 is 10.2 Å². The van der Waals surface area contributed by atoms with Crippen molar-refractivity contribution in [3.05, 3.63) is 58.9 Å². The van der Waals surface area contributed by atoms with Crippen LogP contribution in [-0.4, -0.2) is 44.5 Å². The fourth-order valence-electron chi connectivity index (χ4n) is 4.59. The van der Waals surface area contributed by atoms with Gasteiger partial charge in [-0.15, -0.1) is 11.3 Å². The van der Waals surface area contributed by atoms with E-state index in [1.807, 2.05) is 14.1 Å². The standard InChI is InChI=1S/C22H26ClFN4O2S2/c1-22-7-5-4-6-14(22)10-18(19(13-22)28(2)3)26-17-12-16(24)20(11-15(17)23)32(29,30)27-21-25-8-9-31-21/h4-9,11-12,14,18-19,26H,10,13H2,1-3H3,(H,25,27)/t14?,18?,19-,22?/m0/s1. The molecule has 0 spiro atoms. The molecule has 0 radical (unpaired) electrons. The highest BCUT2D eigenvalue weighted by Crippen LogP contribution is 2.46. The predicted octanol–water partition coefficient (Wildman–Crippen LogP) is 4.99. The molecule has 2 aliphatic rings. The molecule has 1 heterocycles. The van der Waals surface area contributed by atoms with Gasteiger partial charge in [0.2, 0.25) is 0 Å². The topological polar surface area (TPSA) is 74.3 Å². The molecule has 1 fully saturated rings. The minimum atomic E-state index is -4.15. The summed E-state index contributed by atoms with van der Waals surface area (Å²) in [6.07, 6.45) is 11.9. The molecule has 2 aliphatic carbocycles. The van der Waals surface area contributed by atoms with Crippen LogP contribution in [0.4, 0.5) is 15.2 Å². The third-order valence-corrected chi connectivity index (χ3v) is 8.85. The number of nitrogens with zero attached hydrogens (tertiary/aromatic N) is 2. The first kappa shape index (κ1) is 23.2. The Morgan fingerprint density at radius 2 is 2.09 bits per heavy atom. The van der Waals surface area contributed by atoms with Gasteiger partial charge in [-0.25, -0.2) is 17.8 Å². The van der Waals surface area contributed by atoms with E-state index in [1.165, 1.54) is 6.20 Å². The summed E-state index contributed by atoms with van der Waals surface area (Å²) in [5, 5.41) is 5.34. The second-order valence-electron chi connectivity index (χ2n) is 8.78. The Kier molecular flexibility index (Phi) is 6.37. The van der Waals surface area contributed by atoms with E-state index in [-0.39, 0.29) is 27.7 Å². The van der Waals surface area contributed by atoms with Gasteiger partial charge in [0, 0.05) is 23.7 Å². The van der Waals surface area contributed by atoms with Gasteiger partial charge >= 0.3 is 0 Å². The van der Waals surface area contributed by atoms with Crippen molar-refractivity contribution in [2.75, 3.05) is 24.1 Å². The smallest absolute Gasteiger partial charge is 0.266 e. The molecule has 1 aromatic carbocycles. The zero-order valence-electron chi connectivity index (χ0n) is 18.0. The van der Waals surface area contributed by atoms with Crippen LogP contribution in [0.15, 0.2) is 52.9 Å². The molecule has 172 valence electrons. The molecular weight excluding hydrogens is 471 g/mol. The Balaban J connectivity index is 1.59. The first-order valence-electron chi connectivity index (χ1n) is 10.3. The lowest BCUT2D eigenvalue weighted by atomic mass is 9.62. The van der Waals surface area contributed by atoms with Crippen LogP contribution in [0.1, 0.15) is 19.8 Å². The largest absolute Gasteiger partial charge is 0.379 e. The first-order valence-corrected chi connectivity index (χ1v) is 13.0. The summed E-state index contributed by atoms with van der Waals surface area (Å²) in [5.41, 5.74) is 0.448. The lowest BCUT2D eigenvalue weighted by Crippen LogP contribution is -2.53. The van der Waals surface area contributed by atoms with Gasteiger partial charge in [-0.1, -0.05) is 42.8 Å². The van der Waals surface area contributed by atoms with E-state index in [4.69, 9.17) is 11.6 Å². The summed E-state index contributed by atoms with van der Waals surface area (Å²) < 4.78 is 42.5. The Morgan fingerprint density at radius 3 is 2.78 bits per heavy atom. The maximum absolute atomic E-state index is 14.9. The lowest BCUT2D eigenvalue weighted by molar-refractivity contribution is 0.103. The van der Waals surface area contributed by atoms with Crippen molar-refractivity contribution in [3.63, 3.8) is 0 Å². The zero-order chi connectivity index (χ0) is 23.1. The minimum Gasteiger partial charge on any atom is -0.379 e. The number of aromatic nitrogens is 1. The molecule has 2 aromatic rings. The third kappa shape index (κ3) is 4.57. The number of rotatable bonds is 6. The number of allylic oxidation sites excluding steroid dienone is 4. The van der Waals surface area contributed by atoms with Crippen molar-refractivity contribution >= 4 is 43.8 Å². The Bertz CT molecular complexity index is 1150. The lowest BCUT2D eigenvalue weighted by Gasteiger charge is -2.49. The quantitative estimate of drug-likeness (QED) is 0.589. The first-order chi connectivity index (χ1) is 15.1. The number of fused-ring (bicyclic) bond motifs is 1. The molecule has 0 aliphatic heterocycles. The molecule has 4 atom stereocenters. The van der Waals surface area contributed by atoms with Crippen LogP contribution in [-0.2, 0) is 10.0 Å². The molecule has 32 heavy (non-hydrogen) atoms. The molecular formula is C22H26ClFN4O2S2. The van der Waals surface area contributed by atoms with E-state index in [0.29, 0.717) is 11.6 Å². The van der Waals surface area contributed by atoms with Crippen molar-refractivity contribution in [1.82, 2.24) is 9.88 Å². The Labute approximate surface area is 197 Å². The van der Waals surface area contributed by atoms with Crippen molar-refractivity contribution in [2.24, 2.45) is 11.3 Å². The van der Waals surface area contributed by atoms with E-state index in [0.717, 1.165) is 36.3 Å². The number of halogens is 2. The molecule has 0 saturated heterocycles. The Hall–Kier alpha value is -1.94. The maximum atomic E-state index is 14.9. The number of benzene rings is 1. The number of thiazole rings is 1. The third-order valence-electron chi connectivity index (χ3n) is 6.37. The SMILES string of the molecule is CN(C)[C@H]1CC2(C)C=CC=CC2CC1Nc1cc(F)c(S(=O)(=O)Nc2nccs2)cc1Cl. The van der Waals surface area contributed by atoms with Gasteiger partial charge in [0.05, 0.1) is 10.7 Å². The molecule has 3 unspecified atom stereocenters. The summed E-state index contributed by atoms with van der Waals surface area (Å²) in [6.45, 7) is 2.27. The number of sulfonamides is 1. The summed E-state index contributed by atoms with van der Waals surface area (Å²) >= 11 is 7.54. The van der Waals surface area contributed by atoms with Gasteiger partial charge in [0.25, 0.3) is 10.0 Å². The van der Waals surface area contributed by atoms with Crippen molar-refractivity contribution in [1.29, 1.82) is 0 Å². The van der Waals surface area contributed by atoms with Gasteiger partial charge in [0.15, 0.2) is 5.13 Å². The zero-order valence-corrected chi connectivity index (χ0v) is 20.4. The van der Waals surface area contributed by atoms with Crippen LogP contribution in [0.2, 0.25) is 5.02 Å². The number of anilines is 2. The Morgan fingerprint density at radius 1 is 1.31 bits per heavy atom. The van der Waals surface area contributed by atoms with Gasteiger partial charge in [0.1, 0.15) is 10.7 Å². The number of nitrogens with one attached hydrogen (secondary N) is 2. The highest BCUT2D eigenvalue weighted by Gasteiger charge is 2.44. The monoisotopic (exact) mass is 496 g/mol. The number of hydrogen-bond donors (Lipinski definition) is 2. The van der Waals surface area contributed by atoms with Gasteiger partial charge in [-0.2, -0.15) is 0 Å². The van der Waals surface area contributed by atoms with Crippen LogP contribution in [0.5, 0.6) is 0 Å². The van der Waals surface area contributed by atoms with E-state index in [1.54, 1.807) is 5.38 Å². The molecule has 0 bridgehead atoms. The molecule has 2 N–H and O–H groups in total. The van der Waals surface area contributed by atoms with Crippen LogP contribution in [0.3, 0.4) is 0 Å². The summed E-state index contributed by atoms with van der Waals surface area (Å²) in [4.78, 5) is 5.55. The summed E-state index contributed by atoms with van der Waals surface area (Å²) in [5.74, 6) is -0.518. The predicted molar refractivity (Wildman–Crippen MR) is 128 cm³/mol. The maximum Gasteiger partial charge on any atom is 0.266 e. The minimum absolute atomic E-state index is 0.0204. The van der Waals surface area contributed by atoms with E-state index in [9.17, 15) is 12.8 Å². The van der Waals surface area contributed by atoms with Crippen molar-refractivity contribution in [3.8, 4) is 0 Å². The average Bonchev–Trinajstić information content (AvgIpc) is 3.22. The highest BCUT2D eigenvalue weighted by molar-refractivity contribution is 7.93. The number of hydrogen-bond acceptors (Lipinski definition) is 6. The van der Waals surface area contributed by atoms with Gasteiger partial charge in [-0.3, -0.25) is 4.72 Å². The van der Waals surface area contributed by atoms with Crippen LogP contribution < -0.4 is 10.0 Å². The molecule has 6 nitrogen and oxygen atoms in total. The second kappa shape index (κ2) is 8.78. The average molecular weight is 497 g/mol. The van der Waals surface area contributed by atoms with E-state index < -0.39 is 20.7 Å². The highest BCUT2D eigenvalue weighted by atomic mass is 35.5. The molecule has 1 aromatic heterocycles. The molecule has 4 rings (SSSR count). The fourth-order valence-corrected chi connectivity index (χ4v) is 6.75. The van der Waals surface area contributed by atoms with Crippen molar-refractivity contribution < 1.29 is 12.8 Å². The summed E-state index contributed by atoms with van der Waals surface area (Å²) in [7, 11) is -0.0781.